The second-order valence-corrected chi connectivity index (χ2v) is 9.22. The zero-order valence-electron chi connectivity index (χ0n) is 17.5. The lowest BCUT2D eigenvalue weighted by molar-refractivity contribution is -0.146. The maximum absolute atomic E-state index is 12.6. The number of hydrogen-bond donors (Lipinski definition) is 1. The molecule has 0 saturated heterocycles. The number of aryl methyl sites for hydroxylation is 1. The molecule has 4 heterocycles. The van der Waals surface area contributed by atoms with Crippen LogP contribution in [-0.4, -0.2) is 31.7 Å². The Morgan fingerprint density at radius 2 is 1.88 bits per heavy atom. The van der Waals surface area contributed by atoms with Crippen molar-refractivity contribution in [2.45, 2.75) is 31.0 Å². The van der Waals surface area contributed by atoms with Crippen LogP contribution in [-0.2, 0) is 0 Å². The van der Waals surface area contributed by atoms with Crippen molar-refractivity contribution in [3.8, 4) is 23.1 Å². The number of aromatic nitrogens is 4. The number of halogens is 3. The fourth-order valence-corrected chi connectivity index (χ4v) is 4.96. The first-order valence-corrected chi connectivity index (χ1v) is 11.9. The highest BCUT2D eigenvalue weighted by atomic mass is 33.1. The Morgan fingerprint density at radius 3 is 2.52 bits per heavy atom. The molecule has 11 heteroatoms. The van der Waals surface area contributed by atoms with E-state index in [1.807, 2.05) is 29.7 Å². The largest absolute Gasteiger partial charge is 0.404 e. The van der Waals surface area contributed by atoms with Gasteiger partial charge in [0.25, 0.3) is 0 Å². The highest BCUT2D eigenvalue weighted by Crippen LogP contribution is 2.36. The molecule has 168 valence electrons. The molecule has 0 amide bonds. The van der Waals surface area contributed by atoms with Crippen LogP contribution in [0.15, 0.2) is 60.0 Å². The van der Waals surface area contributed by atoms with E-state index in [9.17, 15) is 18.4 Å². The van der Waals surface area contributed by atoms with Crippen molar-refractivity contribution < 1.29 is 13.2 Å². The Hall–Kier alpha value is -3.07. The first kappa shape index (κ1) is 23.1. The van der Waals surface area contributed by atoms with E-state index in [0.29, 0.717) is 27.4 Å². The van der Waals surface area contributed by atoms with Crippen LogP contribution >= 0.6 is 21.8 Å². The van der Waals surface area contributed by atoms with E-state index >= 15 is 0 Å². The van der Waals surface area contributed by atoms with Gasteiger partial charge < -0.3 is 4.57 Å². The number of fused-ring (bicyclic) bond motifs is 1. The Balaban J connectivity index is 1.72. The number of pyridine rings is 3. The summed E-state index contributed by atoms with van der Waals surface area (Å²) in [5.74, 6) is 0. The summed E-state index contributed by atoms with van der Waals surface area (Å²) in [7, 11) is 2.03. The summed E-state index contributed by atoms with van der Waals surface area (Å²) in [6.07, 6.45) is 2.31. The summed E-state index contributed by atoms with van der Waals surface area (Å²) >= 11 is 0. The average Bonchev–Trinajstić information content (AvgIpc) is 3.12. The van der Waals surface area contributed by atoms with Gasteiger partial charge in [-0.15, -0.1) is 0 Å². The Bertz CT molecular complexity index is 1310. The molecular weight excluding hydrogens is 469 g/mol. The van der Waals surface area contributed by atoms with Crippen LogP contribution in [0.2, 0.25) is 0 Å². The third-order valence-corrected chi connectivity index (χ3v) is 6.89. The highest BCUT2D eigenvalue weighted by Gasteiger charge is 2.35. The van der Waals surface area contributed by atoms with Gasteiger partial charge in [0, 0.05) is 35.4 Å². The molecule has 33 heavy (non-hydrogen) atoms. The summed E-state index contributed by atoms with van der Waals surface area (Å²) in [6, 6.07) is 9.76. The molecule has 0 radical (unpaired) electrons. The maximum Gasteiger partial charge on any atom is 0.404 e. The lowest BCUT2D eigenvalue weighted by Crippen LogP contribution is -2.35. The van der Waals surface area contributed by atoms with Gasteiger partial charge in [0.05, 0.1) is 16.9 Å². The van der Waals surface area contributed by atoms with E-state index in [2.05, 4.69) is 25.7 Å². The van der Waals surface area contributed by atoms with E-state index in [0.717, 1.165) is 45.5 Å². The van der Waals surface area contributed by atoms with Gasteiger partial charge in [-0.25, -0.2) is 4.72 Å². The SMILES string of the molecule is Cc1cnc2c(C#N)c(-c3ccc(SSNC(C)C(F)(F)F)cn3)n(-c3ccncc3)c2c1. The van der Waals surface area contributed by atoms with E-state index in [-0.39, 0.29) is 0 Å². The molecule has 0 bridgehead atoms. The molecule has 0 aliphatic rings. The van der Waals surface area contributed by atoms with Crippen LogP contribution in [0.5, 0.6) is 0 Å². The third kappa shape index (κ3) is 4.83. The monoisotopic (exact) mass is 486 g/mol. The number of rotatable bonds is 6. The fourth-order valence-electron chi connectivity index (χ4n) is 3.15. The Labute approximate surface area is 195 Å². The molecule has 0 spiro atoms. The second-order valence-electron chi connectivity index (χ2n) is 7.18. The Kier molecular flexibility index (Phi) is 6.60. The van der Waals surface area contributed by atoms with E-state index < -0.39 is 12.2 Å². The predicted octanol–water partition coefficient (Wildman–Crippen LogP) is 5.86. The summed E-state index contributed by atoms with van der Waals surface area (Å²) in [6.45, 7) is 2.99. The number of nitriles is 1. The standard InChI is InChI=1S/C22H17F3N6S2/c1-13-9-19-20(29-11-13)17(10-26)21(31(19)15-5-7-27-8-6-15)18-4-3-16(12-28-18)32-33-30-14(2)22(23,24)25/h3-9,11-12,14,30H,1-2H3. The van der Waals surface area contributed by atoms with Gasteiger partial charge >= 0.3 is 6.18 Å². The molecule has 1 unspecified atom stereocenters. The van der Waals surface area contributed by atoms with Gasteiger partial charge in [-0.2, -0.15) is 18.4 Å². The summed E-state index contributed by atoms with van der Waals surface area (Å²) in [5.41, 5.74) is 4.62. The smallest absolute Gasteiger partial charge is 0.305 e. The minimum absolute atomic E-state index is 0.393. The van der Waals surface area contributed by atoms with Crippen molar-refractivity contribution in [1.82, 2.24) is 24.2 Å². The minimum atomic E-state index is -4.31. The van der Waals surface area contributed by atoms with Crippen molar-refractivity contribution >= 4 is 32.8 Å². The molecule has 1 N–H and O–H groups in total. The summed E-state index contributed by atoms with van der Waals surface area (Å²) in [5, 5.41) is 9.94. The van der Waals surface area contributed by atoms with Crippen molar-refractivity contribution in [2.24, 2.45) is 0 Å². The lowest BCUT2D eigenvalue weighted by Gasteiger charge is -2.15. The van der Waals surface area contributed by atoms with Crippen molar-refractivity contribution in [1.29, 1.82) is 5.26 Å². The normalized spacial score (nSPS) is 12.6. The molecule has 4 rings (SSSR count). The molecule has 0 aliphatic heterocycles. The van der Waals surface area contributed by atoms with Crippen molar-refractivity contribution in [3.05, 3.63) is 66.2 Å². The van der Waals surface area contributed by atoms with Gasteiger partial charge in [-0.1, -0.05) is 0 Å². The number of hydrogen-bond acceptors (Lipinski definition) is 7. The zero-order valence-corrected chi connectivity index (χ0v) is 19.1. The maximum atomic E-state index is 12.6. The quantitative estimate of drug-likeness (QED) is 0.270. The van der Waals surface area contributed by atoms with E-state index in [1.54, 1.807) is 36.9 Å². The molecule has 0 saturated carbocycles. The van der Waals surface area contributed by atoms with E-state index in [4.69, 9.17) is 0 Å². The molecule has 0 fully saturated rings. The molecule has 4 aromatic rings. The molecule has 4 aromatic heterocycles. The van der Waals surface area contributed by atoms with Gasteiger partial charge in [-0.3, -0.25) is 15.0 Å². The van der Waals surface area contributed by atoms with Crippen LogP contribution < -0.4 is 4.72 Å². The number of nitrogens with one attached hydrogen (secondary N) is 1. The average molecular weight is 487 g/mol. The van der Waals surface area contributed by atoms with Gasteiger partial charge in [0.15, 0.2) is 0 Å². The molecular formula is C22H17F3N6S2. The molecule has 1 atom stereocenters. The summed E-state index contributed by atoms with van der Waals surface area (Å²) < 4.78 is 42.2. The van der Waals surface area contributed by atoms with Gasteiger partial charge in [0.1, 0.15) is 23.2 Å². The molecule has 0 aromatic carbocycles. The topological polar surface area (TPSA) is 79.4 Å². The highest BCUT2D eigenvalue weighted by molar-refractivity contribution is 8.76. The van der Waals surface area contributed by atoms with Gasteiger partial charge in [-0.05, 0) is 71.5 Å². The minimum Gasteiger partial charge on any atom is -0.305 e. The first-order chi connectivity index (χ1) is 15.8. The third-order valence-electron chi connectivity index (χ3n) is 4.81. The summed E-state index contributed by atoms with van der Waals surface area (Å²) in [4.78, 5) is 13.7. The van der Waals surface area contributed by atoms with Crippen LogP contribution in [0.1, 0.15) is 18.1 Å². The first-order valence-electron chi connectivity index (χ1n) is 9.73. The van der Waals surface area contributed by atoms with Crippen LogP contribution in [0.4, 0.5) is 13.2 Å². The Morgan fingerprint density at radius 1 is 1.12 bits per heavy atom. The van der Waals surface area contributed by atoms with Crippen LogP contribution in [0.3, 0.4) is 0 Å². The predicted molar refractivity (Wildman–Crippen MR) is 124 cm³/mol. The zero-order chi connectivity index (χ0) is 23.6. The molecule has 0 aliphatic carbocycles. The fraction of sp³-hybridized carbons (Fsp3) is 0.182. The van der Waals surface area contributed by atoms with E-state index in [1.165, 1.54) is 0 Å². The number of nitrogens with zero attached hydrogens (tertiary/aromatic N) is 5. The lowest BCUT2D eigenvalue weighted by atomic mass is 10.1. The van der Waals surface area contributed by atoms with Crippen molar-refractivity contribution in [3.63, 3.8) is 0 Å². The van der Waals surface area contributed by atoms with Crippen LogP contribution in [0, 0.1) is 18.3 Å². The van der Waals surface area contributed by atoms with Crippen LogP contribution in [0.25, 0.3) is 28.1 Å². The number of alkyl halides is 3. The van der Waals surface area contributed by atoms with Gasteiger partial charge in [0.2, 0.25) is 0 Å². The van der Waals surface area contributed by atoms with Crippen molar-refractivity contribution in [2.75, 3.05) is 0 Å². The molecule has 6 nitrogen and oxygen atoms in total. The second kappa shape index (κ2) is 9.43.